The Morgan fingerprint density at radius 3 is 2.28 bits per heavy atom. The van der Waals surface area contributed by atoms with Crippen LogP contribution in [-0.4, -0.2) is 26.0 Å². The zero-order valence-electron chi connectivity index (χ0n) is 11.9. The van der Waals surface area contributed by atoms with Crippen molar-refractivity contribution in [2.45, 2.75) is 40.0 Å². The number of hydrogen-bond donors (Lipinski definition) is 1. The van der Waals surface area contributed by atoms with Gasteiger partial charge in [0, 0.05) is 25.8 Å². The average Bonchev–Trinajstić information content (AvgIpc) is 2.36. The van der Waals surface area contributed by atoms with Gasteiger partial charge in [-0.2, -0.15) is 0 Å². The summed E-state index contributed by atoms with van der Waals surface area (Å²) in [5, 5.41) is 3.46. The van der Waals surface area contributed by atoms with Crippen molar-refractivity contribution in [2.24, 2.45) is 0 Å². The quantitative estimate of drug-likeness (QED) is 0.720. The highest BCUT2D eigenvalue weighted by Gasteiger charge is 2.12. The molecule has 0 saturated heterocycles. The first-order valence-corrected chi connectivity index (χ1v) is 6.71. The smallest absolute Gasteiger partial charge is 0.169 e. The van der Waals surface area contributed by atoms with Gasteiger partial charge in [0.15, 0.2) is 6.29 Å². The third-order valence-electron chi connectivity index (χ3n) is 2.95. The molecule has 3 nitrogen and oxygen atoms in total. The second-order valence-electron chi connectivity index (χ2n) is 4.33. The summed E-state index contributed by atoms with van der Waals surface area (Å²) in [6.45, 7) is 10.3. The van der Waals surface area contributed by atoms with Crippen LogP contribution in [0.5, 0.6) is 0 Å². The molecule has 0 aliphatic heterocycles. The maximum absolute atomic E-state index is 5.51. The van der Waals surface area contributed by atoms with Crippen LogP contribution in [0.4, 0.5) is 0 Å². The van der Waals surface area contributed by atoms with Crippen molar-refractivity contribution in [3.8, 4) is 0 Å². The lowest BCUT2D eigenvalue weighted by Crippen LogP contribution is -2.33. The van der Waals surface area contributed by atoms with Gasteiger partial charge in [-0.1, -0.05) is 24.3 Å². The van der Waals surface area contributed by atoms with E-state index in [0.717, 1.165) is 0 Å². The summed E-state index contributed by atoms with van der Waals surface area (Å²) in [5.74, 6) is 0. The van der Waals surface area contributed by atoms with Crippen molar-refractivity contribution in [3.63, 3.8) is 0 Å². The van der Waals surface area contributed by atoms with Gasteiger partial charge >= 0.3 is 0 Å². The Morgan fingerprint density at radius 1 is 1.11 bits per heavy atom. The molecule has 1 aromatic carbocycles. The summed E-state index contributed by atoms with van der Waals surface area (Å²) in [4.78, 5) is 0. The lowest BCUT2D eigenvalue weighted by molar-refractivity contribution is -0.133. The molecule has 1 rings (SSSR count). The Labute approximate surface area is 110 Å². The topological polar surface area (TPSA) is 30.5 Å². The zero-order valence-corrected chi connectivity index (χ0v) is 11.9. The van der Waals surface area contributed by atoms with Gasteiger partial charge in [-0.25, -0.2) is 0 Å². The Balaban J connectivity index is 2.49. The van der Waals surface area contributed by atoms with Gasteiger partial charge in [-0.15, -0.1) is 0 Å². The van der Waals surface area contributed by atoms with E-state index in [1.165, 1.54) is 11.1 Å². The molecular weight excluding hydrogens is 226 g/mol. The summed E-state index contributed by atoms with van der Waals surface area (Å²) in [5.41, 5.74) is 2.63. The zero-order chi connectivity index (χ0) is 13.4. The molecule has 0 aliphatic carbocycles. The monoisotopic (exact) mass is 251 g/mol. The first-order chi connectivity index (χ1) is 8.69. The van der Waals surface area contributed by atoms with Crippen molar-refractivity contribution in [3.05, 3.63) is 35.4 Å². The van der Waals surface area contributed by atoms with Gasteiger partial charge in [0.1, 0.15) is 0 Å². The van der Waals surface area contributed by atoms with Crippen LogP contribution < -0.4 is 5.32 Å². The highest BCUT2D eigenvalue weighted by atomic mass is 16.7. The van der Waals surface area contributed by atoms with E-state index in [9.17, 15) is 0 Å². The fraction of sp³-hybridized carbons (Fsp3) is 0.600. The molecule has 1 aromatic rings. The van der Waals surface area contributed by atoms with Crippen LogP contribution in [0.1, 0.15) is 37.9 Å². The van der Waals surface area contributed by atoms with Crippen LogP contribution in [0.2, 0.25) is 0 Å². The van der Waals surface area contributed by atoms with E-state index in [1.807, 2.05) is 13.8 Å². The van der Waals surface area contributed by atoms with Crippen LogP contribution in [-0.2, 0) is 9.47 Å². The molecule has 0 aromatic heterocycles. The fourth-order valence-corrected chi connectivity index (χ4v) is 1.99. The third-order valence-corrected chi connectivity index (χ3v) is 2.95. The summed E-state index contributed by atoms with van der Waals surface area (Å²) in [6, 6.07) is 8.73. The molecule has 3 heteroatoms. The molecule has 0 amide bonds. The van der Waals surface area contributed by atoms with Crippen molar-refractivity contribution >= 4 is 0 Å². The van der Waals surface area contributed by atoms with E-state index >= 15 is 0 Å². The van der Waals surface area contributed by atoms with Crippen LogP contribution in [0.15, 0.2) is 24.3 Å². The van der Waals surface area contributed by atoms with Crippen molar-refractivity contribution < 1.29 is 9.47 Å². The molecule has 1 N–H and O–H groups in total. The number of benzene rings is 1. The van der Waals surface area contributed by atoms with Gasteiger partial charge in [0.2, 0.25) is 0 Å². The molecule has 1 atom stereocenters. The minimum Gasteiger partial charge on any atom is -0.352 e. The van der Waals surface area contributed by atoms with E-state index in [-0.39, 0.29) is 6.29 Å². The minimum atomic E-state index is -0.161. The number of nitrogens with one attached hydrogen (secondary N) is 1. The first-order valence-electron chi connectivity index (χ1n) is 6.71. The summed E-state index contributed by atoms with van der Waals surface area (Å²) in [7, 11) is 0. The number of ether oxygens (including phenoxy) is 2. The highest BCUT2D eigenvalue weighted by molar-refractivity contribution is 5.28. The molecule has 0 fully saturated rings. The molecule has 102 valence electrons. The lowest BCUT2D eigenvalue weighted by atomic mass is 10.0. The molecular formula is C15H25NO2. The SMILES string of the molecule is CCOC(CNC(C)c1ccccc1C)OCC. The standard InChI is InChI=1S/C15H25NO2/c1-5-17-15(18-6-2)11-16-13(4)14-10-8-7-9-12(14)3/h7-10,13,15-16H,5-6,11H2,1-4H3. The molecule has 18 heavy (non-hydrogen) atoms. The van der Waals surface area contributed by atoms with Gasteiger partial charge in [-0.05, 0) is 38.8 Å². The normalized spacial score (nSPS) is 12.9. The predicted molar refractivity (Wildman–Crippen MR) is 74.6 cm³/mol. The minimum absolute atomic E-state index is 0.161. The van der Waals surface area contributed by atoms with E-state index < -0.39 is 0 Å². The molecule has 0 radical (unpaired) electrons. The number of hydrogen-bond acceptors (Lipinski definition) is 3. The fourth-order valence-electron chi connectivity index (χ4n) is 1.99. The van der Waals surface area contributed by atoms with Crippen LogP contribution in [0, 0.1) is 6.92 Å². The van der Waals surface area contributed by atoms with Crippen molar-refractivity contribution in [2.75, 3.05) is 19.8 Å². The summed E-state index contributed by atoms with van der Waals surface area (Å²) in [6.07, 6.45) is -0.161. The third kappa shape index (κ3) is 4.77. The Hall–Kier alpha value is -0.900. The van der Waals surface area contributed by atoms with Gasteiger partial charge in [-0.3, -0.25) is 0 Å². The molecule has 0 aliphatic rings. The number of rotatable bonds is 8. The van der Waals surface area contributed by atoms with Gasteiger partial charge in [0.25, 0.3) is 0 Å². The van der Waals surface area contributed by atoms with Crippen molar-refractivity contribution in [1.29, 1.82) is 0 Å². The maximum Gasteiger partial charge on any atom is 0.169 e. The van der Waals surface area contributed by atoms with E-state index in [2.05, 4.69) is 43.4 Å². The molecule has 0 heterocycles. The Kier molecular flexibility index (Phi) is 6.94. The van der Waals surface area contributed by atoms with Crippen LogP contribution in [0.3, 0.4) is 0 Å². The largest absolute Gasteiger partial charge is 0.352 e. The molecule has 0 bridgehead atoms. The predicted octanol–water partition coefficient (Wildman–Crippen LogP) is 3.04. The highest BCUT2D eigenvalue weighted by Crippen LogP contribution is 2.16. The first kappa shape index (κ1) is 15.2. The summed E-state index contributed by atoms with van der Waals surface area (Å²) >= 11 is 0. The van der Waals surface area contributed by atoms with Gasteiger partial charge in [0.05, 0.1) is 0 Å². The lowest BCUT2D eigenvalue weighted by Gasteiger charge is -2.21. The second-order valence-corrected chi connectivity index (χ2v) is 4.33. The van der Waals surface area contributed by atoms with E-state index in [1.54, 1.807) is 0 Å². The van der Waals surface area contributed by atoms with E-state index in [0.29, 0.717) is 25.8 Å². The molecule has 1 unspecified atom stereocenters. The number of aryl methyl sites for hydroxylation is 1. The molecule has 0 saturated carbocycles. The van der Waals surface area contributed by atoms with Gasteiger partial charge < -0.3 is 14.8 Å². The maximum atomic E-state index is 5.51. The Morgan fingerprint density at radius 2 is 1.72 bits per heavy atom. The second kappa shape index (κ2) is 8.25. The van der Waals surface area contributed by atoms with Crippen LogP contribution in [0.25, 0.3) is 0 Å². The Bertz CT molecular complexity index is 335. The summed E-state index contributed by atoms with van der Waals surface area (Å²) < 4.78 is 11.0. The van der Waals surface area contributed by atoms with Crippen LogP contribution >= 0.6 is 0 Å². The molecule has 0 spiro atoms. The van der Waals surface area contributed by atoms with Crippen molar-refractivity contribution in [1.82, 2.24) is 5.32 Å². The average molecular weight is 251 g/mol. The van der Waals surface area contributed by atoms with E-state index in [4.69, 9.17) is 9.47 Å².